The van der Waals surface area contributed by atoms with Crippen molar-refractivity contribution < 1.29 is 9.32 Å². The monoisotopic (exact) mass is 457 g/mol. The van der Waals surface area contributed by atoms with Crippen molar-refractivity contribution in [3.8, 4) is 21.1 Å². The van der Waals surface area contributed by atoms with E-state index in [2.05, 4.69) is 10.1 Å². The van der Waals surface area contributed by atoms with Gasteiger partial charge in [-0.1, -0.05) is 47.1 Å². The molecule has 5 nitrogen and oxygen atoms in total. The third kappa shape index (κ3) is 5.16. The minimum absolute atomic E-state index is 0.0543. The minimum atomic E-state index is 0.0543. The second kappa shape index (κ2) is 9.55. The largest absolute Gasteiger partial charge is 0.361 e. The van der Waals surface area contributed by atoms with E-state index in [1.54, 1.807) is 4.90 Å². The maximum Gasteiger partial charge on any atom is 0.228 e. The summed E-state index contributed by atoms with van der Waals surface area (Å²) in [5.41, 5.74) is 2.66. The Morgan fingerprint density at radius 2 is 2.03 bits per heavy atom. The molecule has 4 aromatic rings. The van der Waals surface area contributed by atoms with E-state index in [9.17, 15) is 4.79 Å². The minimum Gasteiger partial charge on any atom is -0.361 e. The average Bonchev–Trinajstić information content (AvgIpc) is 3.50. The van der Waals surface area contributed by atoms with E-state index in [4.69, 9.17) is 16.1 Å². The third-order valence-corrected chi connectivity index (χ3v) is 6.93. The summed E-state index contributed by atoms with van der Waals surface area (Å²) in [7, 11) is 1.82. The molecule has 0 saturated carbocycles. The Balaban J connectivity index is 1.25. The number of benzene rings is 1. The van der Waals surface area contributed by atoms with Gasteiger partial charge in [-0.05, 0) is 18.6 Å². The highest BCUT2D eigenvalue weighted by Crippen LogP contribution is 2.33. The van der Waals surface area contributed by atoms with Gasteiger partial charge in [0.2, 0.25) is 5.91 Å². The number of thiazole rings is 1. The summed E-state index contributed by atoms with van der Waals surface area (Å²) in [6.07, 6.45) is 1.84. The van der Waals surface area contributed by atoms with E-state index in [-0.39, 0.29) is 5.91 Å². The first-order valence-electron chi connectivity index (χ1n) is 9.53. The maximum atomic E-state index is 12.5. The predicted molar refractivity (Wildman–Crippen MR) is 122 cm³/mol. The van der Waals surface area contributed by atoms with Crippen molar-refractivity contribution in [3.63, 3.8) is 0 Å². The second-order valence-corrected chi connectivity index (χ2v) is 9.46. The number of halogens is 1. The molecule has 0 atom stereocenters. The Hall–Kier alpha value is -2.48. The van der Waals surface area contributed by atoms with E-state index in [1.807, 2.05) is 61.0 Å². The zero-order valence-electron chi connectivity index (χ0n) is 16.4. The molecule has 1 aromatic carbocycles. The summed E-state index contributed by atoms with van der Waals surface area (Å²) in [4.78, 5) is 19.9. The molecule has 154 valence electrons. The van der Waals surface area contributed by atoms with Gasteiger partial charge in [0, 0.05) is 37.0 Å². The summed E-state index contributed by atoms with van der Waals surface area (Å²) in [5, 5.41) is 6.97. The molecule has 0 unspecified atom stereocenters. The molecule has 1 amide bonds. The first-order chi connectivity index (χ1) is 14.6. The van der Waals surface area contributed by atoms with Crippen molar-refractivity contribution in [1.29, 1.82) is 0 Å². The van der Waals surface area contributed by atoms with Gasteiger partial charge in [0.1, 0.15) is 16.5 Å². The van der Waals surface area contributed by atoms with E-state index >= 15 is 0 Å². The van der Waals surface area contributed by atoms with E-state index in [0.29, 0.717) is 13.0 Å². The van der Waals surface area contributed by atoms with Gasteiger partial charge >= 0.3 is 0 Å². The highest BCUT2D eigenvalue weighted by atomic mass is 35.5. The molecular formula is C22H20ClN3O2S2. The van der Waals surface area contributed by atoms with Crippen LogP contribution in [0.5, 0.6) is 0 Å². The fraction of sp³-hybridized carbons (Fsp3) is 0.227. The first-order valence-corrected chi connectivity index (χ1v) is 11.6. The lowest BCUT2D eigenvalue weighted by atomic mass is 10.1. The lowest BCUT2D eigenvalue weighted by molar-refractivity contribution is -0.129. The highest BCUT2D eigenvalue weighted by Gasteiger charge is 2.14. The van der Waals surface area contributed by atoms with Crippen LogP contribution < -0.4 is 0 Å². The fourth-order valence-electron chi connectivity index (χ4n) is 3.01. The molecule has 3 heterocycles. The van der Waals surface area contributed by atoms with Crippen molar-refractivity contribution in [2.45, 2.75) is 19.3 Å². The van der Waals surface area contributed by atoms with Crippen LogP contribution in [-0.4, -0.2) is 34.5 Å². The topological polar surface area (TPSA) is 59.2 Å². The van der Waals surface area contributed by atoms with Crippen LogP contribution in [0.15, 0.2) is 58.4 Å². The first kappa shape index (κ1) is 20.8. The average molecular weight is 458 g/mol. The lowest BCUT2D eigenvalue weighted by Gasteiger charge is -2.16. The molecule has 0 aliphatic rings. The van der Waals surface area contributed by atoms with Gasteiger partial charge < -0.3 is 9.42 Å². The predicted octanol–water partition coefficient (Wildman–Crippen LogP) is 5.81. The maximum absolute atomic E-state index is 12.5. The van der Waals surface area contributed by atoms with Gasteiger partial charge in [-0.3, -0.25) is 4.79 Å². The number of hydrogen-bond donors (Lipinski definition) is 0. The number of carbonyl (C=O) groups excluding carboxylic acids is 1. The van der Waals surface area contributed by atoms with Crippen molar-refractivity contribution in [2.75, 3.05) is 13.6 Å². The highest BCUT2D eigenvalue weighted by molar-refractivity contribution is 7.23. The van der Waals surface area contributed by atoms with Crippen molar-refractivity contribution >= 4 is 40.2 Å². The van der Waals surface area contributed by atoms with E-state index in [0.717, 1.165) is 49.8 Å². The molecular weight excluding hydrogens is 438 g/mol. The molecule has 0 bridgehead atoms. The van der Waals surface area contributed by atoms with Crippen LogP contribution in [0.3, 0.4) is 0 Å². The lowest BCUT2D eigenvalue weighted by Crippen LogP contribution is -2.29. The van der Waals surface area contributed by atoms with E-state index < -0.39 is 0 Å². The van der Waals surface area contributed by atoms with Crippen LogP contribution in [0.4, 0.5) is 0 Å². The van der Waals surface area contributed by atoms with Gasteiger partial charge in [0.25, 0.3) is 0 Å². The van der Waals surface area contributed by atoms with Crippen LogP contribution in [-0.2, 0) is 17.6 Å². The number of rotatable bonds is 8. The number of aromatic nitrogens is 2. The molecule has 0 radical (unpaired) electrons. The third-order valence-electron chi connectivity index (χ3n) is 4.64. The summed E-state index contributed by atoms with van der Waals surface area (Å²) in [6, 6.07) is 15.7. The molecule has 0 spiro atoms. The SMILES string of the molecule is CN(CCCc1cc(-c2ccccc2)no1)C(=O)Cc1csc(-c2ccc(Cl)s2)n1. The van der Waals surface area contributed by atoms with Crippen LogP contribution in [0.25, 0.3) is 21.1 Å². The van der Waals surface area contributed by atoms with Gasteiger partial charge in [-0.15, -0.1) is 22.7 Å². The number of nitrogens with zero attached hydrogens (tertiary/aromatic N) is 3. The van der Waals surface area contributed by atoms with Gasteiger partial charge in [-0.2, -0.15) is 0 Å². The van der Waals surface area contributed by atoms with Crippen molar-refractivity contribution in [3.05, 3.63) is 69.7 Å². The van der Waals surface area contributed by atoms with Gasteiger partial charge in [0.15, 0.2) is 0 Å². The van der Waals surface area contributed by atoms with Crippen molar-refractivity contribution in [1.82, 2.24) is 15.0 Å². The summed E-state index contributed by atoms with van der Waals surface area (Å²) < 4.78 is 6.17. The Morgan fingerprint density at radius 3 is 2.80 bits per heavy atom. The molecule has 0 fully saturated rings. The number of carbonyl (C=O) groups is 1. The van der Waals surface area contributed by atoms with Crippen LogP contribution in [0.2, 0.25) is 4.34 Å². The molecule has 0 saturated heterocycles. The summed E-state index contributed by atoms with van der Waals surface area (Å²) in [6.45, 7) is 0.651. The van der Waals surface area contributed by atoms with Crippen LogP contribution in [0, 0.1) is 0 Å². The molecule has 30 heavy (non-hydrogen) atoms. The smallest absolute Gasteiger partial charge is 0.228 e. The Kier molecular flexibility index (Phi) is 6.62. The van der Waals surface area contributed by atoms with Crippen LogP contribution >= 0.6 is 34.3 Å². The molecule has 0 aliphatic carbocycles. The number of thiophene rings is 1. The number of aryl methyl sites for hydroxylation is 1. The normalized spacial score (nSPS) is 11.0. The number of amides is 1. The summed E-state index contributed by atoms with van der Waals surface area (Å²) in [5.74, 6) is 0.882. The number of hydrogen-bond acceptors (Lipinski definition) is 6. The van der Waals surface area contributed by atoms with Gasteiger partial charge in [-0.25, -0.2) is 4.98 Å². The second-order valence-electron chi connectivity index (χ2n) is 6.89. The zero-order valence-corrected chi connectivity index (χ0v) is 18.8. The zero-order chi connectivity index (χ0) is 20.9. The molecule has 0 aliphatic heterocycles. The van der Waals surface area contributed by atoms with Crippen molar-refractivity contribution in [2.24, 2.45) is 0 Å². The molecule has 0 N–H and O–H groups in total. The van der Waals surface area contributed by atoms with Crippen LogP contribution in [0.1, 0.15) is 17.9 Å². The Labute approximate surface area is 187 Å². The molecule has 8 heteroatoms. The number of likely N-dealkylation sites (N-methyl/N-ethyl adjacent to an activating group) is 1. The molecule has 3 aromatic heterocycles. The van der Waals surface area contributed by atoms with E-state index in [1.165, 1.54) is 22.7 Å². The Bertz CT molecular complexity index is 1120. The summed E-state index contributed by atoms with van der Waals surface area (Å²) >= 11 is 9.02. The standard InChI is InChI=1S/C22H20ClN3O2S2/c1-26(11-5-8-17-13-18(25-28-17)15-6-3-2-4-7-15)21(27)12-16-14-29-22(24-16)19-9-10-20(23)30-19/h2-4,6-7,9-10,13-14H,5,8,11-12H2,1H3. The Morgan fingerprint density at radius 1 is 1.20 bits per heavy atom. The molecule has 4 rings (SSSR count). The quantitative estimate of drug-likeness (QED) is 0.335. The van der Waals surface area contributed by atoms with Gasteiger partial charge in [0.05, 0.1) is 21.3 Å². The fourth-order valence-corrected chi connectivity index (χ4v) is 4.95.